The summed E-state index contributed by atoms with van der Waals surface area (Å²) in [6.45, 7) is 11.2. The van der Waals surface area contributed by atoms with Crippen molar-refractivity contribution in [1.29, 1.82) is 0 Å². The van der Waals surface area contributed by atoms with E-state index in [1.165, 1.54) is 0 Å². The van der Waals surface area contributed by atoms with E-state index in [-0.39, 0.29) is 33.9 Å². The van der Waals surface area contributed by atoms with E-state index in [1.54, 1.807) is 14.2 Å². The highest BCUT2D eigenvalue weighted by atomic mass is 16.5. The first-order chi connectivity index (χ1) is 17.0. The molecule has 0 saturated heterocycles. The second kappa shape index (κ2) is 7.37. The number of ether oxygens (including phenoxy) is 2. The van der Waals surface area contributed by atoms with Gasteiger partial charge >= 0.3 is 0 Å². The molecule has 6 nitrogen and oxygen atoms in total. The van der Waals surface area contributed by atoms with Gasteiger partial charge < -0.3 is 14.8 Å². The van der Waals surface area contributed by atoms with Gasteiger partial charge in [-0.2, -0.15) is 5.10 Å². The van der Waals surface area contributed by atoms with Gasteiger partial charge in [-0.3, -0.25) is 4.79 Å². The number of rotatable bonds is 3. The van der Waals surface area contributed by atoms with Crippen molar-refractivity contribution < 1.29 is 14.3 Å². The Morgan fingerprint density at radius 2 is 1.69 bits per heavy atom. The van der Waals surface area contributed by atoms with E-state index in [2.05, 4.69) is 64.2 Å². The van der Waals surface area contributed by atoms with Gasteiger partial charge in [0, 0.05) is 45.9 Å². The Hall–Kier alpha value is -3.28. The molecule has 188 valence electrons. The van der Waals surface area contributed by atoms with Gasteiger partial charge in [0.15, 0.2) is 17.3 Å². The number of ketones is 1. The molecule has 0 fully saturated rings. The summed E-state index contributed by atoms with van der Waals surface area (Å²) in [6, 6.07) is 10.3. The Kier molecular flexibility index (Phi) is 4.74. The molecule has 4 aliphatic rings. The Bertz CT molecular complexity index is 1380. The molecule has 0 saturated carbocycles. The number of carbonyl (C=O) groups is 1. The number of hydrogen-bond donors (Lipinski definition) is 1. The van der Waals surface area contributed by atoms with Crippen LogP contribution in [0.1, 0.15) is 64.6 Å². The molecule has 2 heterocycles. The average Bonchev–Trinajstić information content (AvgIpc) is 3.22. The summed E-state index contributed by atoms with van der Waals surface area (Å²) < 4.78 is 13.6. The molecule has 3 unspecified atom stereocenters. The zero-order valence-corrected chi connectivity index (χ0v) is 22.2. The van der Waals surface area contributed by atoms with Crippen LogP contribution in [0.2, 0.25) is 0 Å². The molecule has 0 spiro atoms. The standard InChI is InChI=1S/C30H35N3O3/c1-28(2)14-19-24(20(34)15-28)23-18-13-21(35-6)22(36-7)16-30(18,5)29(3,4)26-25(23)27(31-19)33(32-26)17-11-9-8-10-12-17/h8-13,16,18,23,31H,14-15H2,1-7H3. The lowest BCUT2D eigenvalue weighted by Crippen LogP contribution is -2.52. The minimum Gasteiger partial charge on any atom is -0.493 e. The number of nitrogens with one attached hydrogen (secondary N) is 1. The van der Waals surface area contributed by atoms with Crippen molar-refractivity contribution in [3.05, 3.63) is 76.5 Å². The third-order valence-corrected chi connectivity index (χ3v) is 9.17. The van der Waals surface area contributed by atoms with Crippen LogP contribution in [0, 0.1) is 16.7 Å². The maximum Gasteiger partial charge on any atom is 0.161 e. The second-order valence-electron chi connectivity index (χ2n) is 12.2. The zero-order chi connectivity index (χ0) is 25.6. The van der Waals surface area contributed by atoms with Gasteiger partial charge in [0.25, 0.3) is 0 Å². The molecular weight excluding hydrogens is 450 g/mol. The lowest BCUT2D eigenvalue weighted by Gasteiger charge is -2.56. The van der Waals surface area contributed by atoms with Crippen LogP contribution in [0.4, 0.5) is 5.82 Å². The predicted octanol–water partition coefficient (Wildman–Crippen LogP) is 6.01. The quantitative estimate of drug-likeness (QED) is 0.577. The number of fused-ring (bicyclic) bond motifs is 3. The van der Waals surface area contributed by atoms with Gasteiger partial charge in [0.1, 0.15) is 5.82 Å². The van der Waals surface area contributed by atoms with Gasteiger partial charge in [-0.15, -0.1) is 0 Å². The number of carbonyl (C=O) groups excluding carboxylic acids is 1. The molecule has 1 N–H and O–H groups in total. The summed E-state index contributed by atoms with van der Waals surface area (Å²) in [7, 11) is 3.37. The normalized spacial score (nSPS) is 29.2. The van der Waals surface area contributed by atoms with Crippen LogP contribution in [-0.2, 0) is 19.7 Å². The van der Waals surface area contributed by atoms with E-state index in [0.29, 0.717) is 6.42 Å². The van der Waals surface area contributed by atoms with E-state index in [4.69, 9.17) is 14.6 Å². The Balaban J connectivity index is 1.68. The van der Waals surface area contributed by atoms with Crippen LogP contribution < -0.4 is 5.32 Å². The number of methoxy groups -OCH3 is 2. The monoisotopic (exact) mass is 485 g/mol. The molecule has 6 heteroatoms. The fourth-order valence-corrected chi connectivity index (χ4v) is 7.00. The highest BCUT2D eigenvalue weighted by molar-refractivity contribution is 6.01. The highest BCUT2D eigenvalue weighted by Crippen LogP contribution is 2.65. The first-order valence-corrected chi connectivity index (χ1v) is 12.8. The summed E-state index contributed by atoms with van der Waals surface area (Å²) in [5, 5.41) is 9.00. The number of anilines is 1. The van der Waals surface area contributed by atoms with Gasteiger partial charge in [-0.25, -0.2) is 4.68 Å². The molecule has 0 amide bonds. The van der Waals surface area contributed by atoms with Crippen LogP contribution in [0.3, 0.4) is 0 Å². The highest BCUT2D eigenvalue weighted by Gasteiger charge is 2.61. The molecule has 3 atom stereocenters. The predicted molar refractivity (Wildman–Crippen MR) is 140 cm³/mol. The van der Waals surface area contributed by atoms with E-state index >= 15 is 0 Å². The first-order valence-electron chi connectivity index (χ1n) is 12.8. The van der Waals surface area contributed by atoms with Crippen molar-refractivity contribution in [3.8, 4) is 5.69 Å². The van der Waals surface area contributed by atoms with Crippen LogP contribution in [-0.4, -0.2) is 29.8 Å². The van der Waals surface area contributed by atoms with Crippen LogP contribution >= 0.6 is 0 Å². The fourth-order valence-electron chi connectivity index (χ4n) is 7.00. The molecule has 0 bridgehead atoms. The molecule has 36 heavy (non-hydrogen) atoms. The SMILES string of the molecule is COC1=CC2C3C4=C(CC(C)(C)CC4=O)Nc4c3c(nn4-c3ccccc3)C(C)(C)C2(C)C=C1OC. The summed E-state index contributed by atoms with van der Waals surface area (Å²) in [5.41, 5.74) is 4.34. The van der Waals surface area contributed by atoms with Crippen LogP contribution in [0.5, 0.6) is 0 Å². The summed E-state index contributed by atoms with van der Waals surface area (Å²) >= 11 is 0. The van der Waals surface area contributed by atoms with Crippen molar-refractivity contribution in [2.45, 2.75) is 58.8 Å². The Morgan fingerprint density at radius 1 is 1.00 bits per heavy atom. The summed E-state index contributed by atoms with van der Waals surface area (Å²) in [5.74, 6) is 2.58. The number of aromatic nitrogens is 2. The topological polar surface area (TPSA) is 65.4 Å². The summed E-state index contributed by atoms with van der Waals surface area (Å²) in [6.07, 6.45) is 5.78. The lowest BCUT2D eigenvalue weighted by atomic mass is 9.47. The maximum atomic E-state index is 13.8. The number of para-hydroxylation sites is 1. The smallest absolute Gasteiger partial charge is 0.161 e. The van der Waals surface area contributed by atoms with E-state index in [1.807, 2.05) is 22.9 Å². The van der Waals surface area contributed by atoms with Crippen molar-refractivity contribution in [1.82, 2.24) is 9.78 Å². The average molecular weight is 486 g/mol. The number of benzene rings is 1. The van der Waals surface area contributed by atoms with E-state index in [9.17, 15) is 4.79 Å². The van der Waals surface area contributed by atoms with Crippen LogP contribution in [0.15, 0.2) is 65.3 Å². The molecule has 1 aliphatic heterocycles. The number of nitrogens with zero attached hydrogens (tertiary/aromatic N) is 2. The molecule has 1 aromatic carbocycles. The zero-order valence-electron chi connectivity index (χ0n) is 22.2. The van der Waals surface area contributed by atoms with Crippen molar-refractivity contribution in [2.24, 2.45) is 16.7 Å². The van der Waals surface area contributed by atoms with Crippen molar-refractivity contribution in [2.75, 3.05) is 19.5 Å². The minimum absolute atomic E-state index is 0.0123. The Labute approximate surface area is 213 Å². The maximum absolute atomic E-state index is 13.8. The Morgan fingerprint density at radius 3 is 2.36 bits per heavy atom. The van der Waals surface area contributed by atoms with Gasteiger partial charge in [-0.1, -0.05) is 52.8 Å². The largest absolute Gasteiger partial charge is 0.493 e. The van der Waals surface area contributed by atoms with Gasteiger partial charge in [-0.05, 0) is 36.1 Å². The van der Waals surface area contributed by atoms with Crippen molar-refractivity contribution >= 4 is 11.6 Å². The minimum atomic E-state index is -0.353. The van der Waals surface area contributed by atoms with E-state index < -0.39 is 0 Å². The van der Waals surface area contributed by atoms with E-state index in [0.717, 1.165) is 52.0 Å². The first kappa shape index (κ1) is 23.1. The molecule has 0 radical (unpaired) electrons. The molecular formula is C30H35N3O3. The van der Waals surface area contributed by atoms with Crippen molar-refractivity contribution in [3.63, 3.8) is 0 Å². The number of allylic oxidation sites excluding steroid dienone is 4. The third kappa shape index (κ3) is 2.90. The molecule has 1 aromatic heterocycles. The molecule has 6 rings (SSSR count). The number of hydrogen-bond acceptors (Lipinski definition) is 5. The second-order valence-corrected chi connectivity index (χ2v) is 12.2. The molecule has 3 aliphatic carbocycles. The van der Waals surface area contributed by atoms with Gasteiger partial charge in [0.2, 0.25) is 0 Å². The summed E-state index contributed by atoms with van der Waals surface area (Å²) in [4.78, 5) is 13.8. The van der Waals surface area contributed by atoms with Gasteiger partial charge in [0.05, 0.1) is 25.6 Å². The number of Topliss-reactive ketones (excluding diaryl/α,β-unsaturated/α-hetero) is 1. The fraction of sp³-hybridized carbons (Fsp3) is 0.467. The van der Waals surface area contributed by atoms with Crippen LogP contribution in [0.25, 0.3) is 5.69 Å². The lowest BCUT2D eigenvalue weighted by molar-refractivity contribution is -0.118. The molecule has 2 aromatic rings. The third-order valence-electron chi connectivity index (χ3n) is 9.17.